The molecule has 1 heterocycles. The molecule has 0 aromatic heterocycles. The molecule has 3 rings (SSSR count). The Morgan fingerprint density at radius 2 is 1.91 bits per heavy atom. The molecule has 0 saturated heterocycles. The Morgan fingerprint density at radius 3 is 2.52 bits per heavy atom. The Morgan fingerprint density at radius 1 is 1.26 bits per heavy atom. The monoisotopic (exact) mass is 316 g/mol. The van der Waals surface area contributed by atoms with E-state index in [4.69, 9.17) is 4.74 Å². The van der Waals surface area contributed by atoms with Crippen LogP contribution in [0.1, 0.15) is 55.8 Å². The second-order valence-electron chi connectivity index (χ2n) is 6.57. The molecule has 1 aliphatic carbocycles. The molecule has 1 aromatic carbocycles. The maximum atomic E-state index is 12.9. The zero-order chi connectivity index (χ0) is 16.4. The van der Waals surface area contributed by atoms with E-state index in [-0.39, 0.29) is 11.8 Å². The lowest BCUT2D eigenvalue weighted by Crippen LogP contribution is -2.52. The van der Waals surface area contributed by atoms with Crippen molar-refractivity contribution in [2.24, 2.45) is 11.0 Å². The minimum absolute atomic E-state index is 0.0969. The highest BCUT2D eigenvalue weighted by Gasteiger charge is 2.49. The van der Waals surface area contributed by atoms with Gasteiger partial charge in [-0.15, -0.1) is 0 Å². The molecule has 1 unspecified atom stereocenters. The lowest BCUT2D eigenvalue weighted by atomic mass is 9.79. The fourth-order valence-electron chi connectivity index (χ4n) is 3.70. The first-order valence-corrected chi connectivity index (χ1v) is 8.29. The third kappa shape index (κ3) is 2.98. The number of aliphatic hydroxyl groups is 1. The van der Waals surface area contributed by atoms with Gasteiger partial charge < -0.3 is 9.84 Å². The number of carbonyl (C=O) groups is 1. The molecule has 1 fully saturated rings. The van der Waals surface area contributed by atoms with E-state index in [1.807, 2.05) is 6.92 Å². The number of rotatable bonds is 3. The van der Waals surface area contributed by atoms with Crippen molar-refractivity contribution in [3.8, 4) is 5.75 Å². The Kier molecular flexibility index (Phi) is 4.39. The smallest absolute Gasteiger partial charge is 0.276 e. The standard InChI is InChI=1S/C18H24N2O3/c1-13-12-18(22,15-6-4-3-5-7-15)20(19-13)17(21)14-8-10-16(23-2)11-9-14/h8-11,15,22H,3-7,12H2,1-2H3. The van der Waals surface area contributed by atoms with Gasteiger partial charge in [0.2, 0.25) is 0 Å². The van der Waals surface area contributed by atoms with Crippen LogP contribution in [0.2, 0.25) is 0 Å². The molecule has 1 N–H and O–H groups in total. The zero-order valence-electron chi connectivity index (χ0n) is 13.8. The predicted molar refractivity (Wildman–Crippen MR) is 88.4 cm³/mol. The third-order valence-electron chi connectivity index (χ3n) is 4.94. The Balaban J connectivity index is 1.86. The van der Waals surface area contributed by atoms with Crippen LogP contribution in [0.25, 0.3) is 0 Å². The molecule has 0 spiro atoms. The fraction of sp³-hybridized carbons (Fsp3) is 0.556. The molecule has 5 heteroatoms. The average Bonchev–Trinajstić information content (AvgIpc) is 2.91. The van der Waals surface area contributed by atoms with E-state index >= 15 is 0 Å². The molecule has 0 radical (unpaired) electrons. The number of benzene rings is 1. The quantitative estimate of drug-likeness (QED) is 0.931. The van der Waals surface area contributed by atoms with Crippen molar-refractivity contribution in [1.82, 2.24) is 5.01 Å². The lowest BCUT2D eigenvalue weighted by molar-refractivity contribution is -0.122. The van der Waals surface area contributed by atoms with Gasteiger partial charge in [0.25, 0.3) is 5.91 Å². The van der Waals surface area contributed by atoms with Gasteiger partial charge in [-0.25, -0.2) is 0 Å². The van der Waals surface area contributed by atoms with Crippen molar-refractivity contribution >= 4 is 11.6 Å². The third-order valence-corrected chi connectivity index (χ3v) is 4.94. The predicted octanol–water partition coefficient (Wildman–Crippen LogP) is 3.19. The van der Waals surface area contributed by atoms with Gasteiger partial charge in [0.15, 0.2) is 5.72 Å². The van der Waals surface area contributed by atoms with E-state index < -0.39 is 5.72 Å². The van der Waals surface area contributed by atoms with Crippen LogP contribution in [0, 0.1) is 5.92 Å². The molecule has 124 valence electrons. The van der Waals surface area contributed by atoms with Crippen LogP contribution in [-0.4, -0.2) is 34.6 Å². The average molecular weight is 316 g/mol. The highest BCUT2D eigenvalue weighted by atomic mass is 16.5. The van der Waals surface area contributed by atoms with E-state index in [0.717, 1.165) is 31.4 Å². The van der Waals surface area contributed by atoms with Gasteiger partial charge in [0, 0.05) is 23.6 Å². The SMILES string of the molecule is COc1ccc(C(=O)N2N=C(C)CC2(O)C2CCCCC2)cc1. The largest absolute Gasteiger partial charge is 0.497 e. The number of carbonyl (C=O) groups excluding carboxylic acids is 1. The van der Waals surface area contributed by atoms with Crippen molar-refractivity contribution in [1.29, 1.82) is 0 Å². The normalized spacial score (nSPS) is 25.3. The van der Waals surface area contributed by atoms with Crippen molar-refractivity contribution in [3.63, 3.8) is 0 Å². The molecule has 1 atom stereocenters. The van der Waals surface area contributed by atoms with Crippen LogP contribution >= 0.6 is 0 Å². The second kappa shape index (κ2) is 6.32. The summed E-state index contributed by atoms with van der Waals surface area (Å²) in [4.78, 5) is 12.9. The van der Waals surface area contributed by atoms with Gasteiger partial charge in [0.05, 0.1) is 7.11 Å². The van der Waals surface area contributed by atoms with Crippen molar-refractivity contribution in [2.75, 3.05) is 7.11 Å². The molecule has 1 aliphatic heterocycles. The number of hydrogen-bond donors (Lipinski definition) is 1. The first kappa shape index (κ1) is 16.0. The maximum absolute atomic E-state index is 12.9. The number of amides is 1. The number of hydrazone groups is 1. The number of hydrogen-bond acceptors (Lipinski definition) is 4. The number of methoxy groups -OCH3 is 1. The molecule has 23 heavy (non-hydrogen) atoms. The number of ether oxygens (including phenoxy) is 1. The lowest BCUT2D eigenvalue weighted by Gasteiger charge is -2.40. The minimum Gasteiger partial charge on any atom is -0.497 e. The molecular weight excluding hydrogens is 292 g/mol. The van der Waals surface area contributed by atoms with Crippen LogP contribution < -0.4 is 4.74 Å². The zero-order valence-corrected chi connectivity index (χ0v) is 13.8. The van der Waals surface area contributed by atoms with Crippen LogP contribution in [0.15, 0.2) is 29.4 Å². The molecule has 0 bridgehead atoms. The molecular formula is C18H24N2O3. The highest BCUT2D eigenvalue weighted by Crippen LogP contribution is 2.41. The molecule has 2 aliphatic rings. The summed E-state index contributed by atoms with van der Waals surface area (Å²) in [5.41, 5.74) is 0.139. The van der Waals surface area contributed by atoms with Crippen LogP contribution in [0.3, 0.4) is 0 Å². The van der Waals surface area contributed by atoms with Gasteiger partial charge >= 0.3 is 0 Å². The van der Waals surface area contributed by atoms with Crippen LogP contribution in [0.5, 0.6) is 5.75 Å². The van der Waals surface area contributed by atoms with E-state index in [2.05, 4.69) is 5.10 Å². The second-order valence-corrected chi connectivity index (χ2v) is 6.57. The molecule has 1 aromatic rings. The van der Waals surface area contributed by atoms with Crippen molar-refractivity contribution in [3.05, 3.63) is 29.8 Å². The van der Waals surface area contributed by atoms with E-state index in [9.17, 15) is 9.90 Å². The van der Waals surface area contributed by atoms with Gasteiger partial charge in [-0.05, 0) is 44.0 Å². The first-order valence-electron chi connectivity index (χ1n) is 8.29. The van der Waals surface area contributed by atoms with Gasteiger partial charge in [-0.2, -0.15) is 10.1 Å². The molecule has 5 nitrogen and oxygen atoms in total. The first-order chi connectivity index (χ1) is 11.0. The minimum atomic E-state index is -1.18. The molecule has 1 saturated carbocycles. The Labute approximate surface area is 136 Å². The van der Waals surface area contributed by atoms with E-state index in [0.29, 0.717) is 17.7 Å². The Bertz CT molecular complexity index is 605. The maximum Gasteiger partial charge on any atom is 0.276 e. The highest BCUT2D eigenvalue weighted by molar-refractivity contribution is 5.97. The van der Waals surface area contributed by atoms with E-state index in [1.165, 1.54) is 11.4 Å². The summed E-state index contributed by atoms with van der Waals surface area (Å²) in [5, 5.41) is 16.9. The summed E-state index contributed by atoms with van der Waals surface area (Å²) in [7, 11) is 1.59. The van der Waals surface area contributed by atoms with Crippen molar-refractivity contribution < 1.29 is 14.6 Å². The summed E-state index contributed by atoms with van der Waals surface area (Å²) in [6.07, 6.45) is 5.77. The number of nitrogens with zero attached hydrogens (tertiary/aromatic N) is 2. The van der Waals surface area contributed by atoms with Crippen LogP contribution in [0.4, 0.5) is 0 Å². The molecule has 1 amide bonds. The summed E-state index contributed by atoms with van der Waals surface area (Å²) < 4.78 is 5.13. The Hall–Kier alpha value is -1.88. The summed E-state index contributed by atoms with van der Waals surface area (Å²) in [6.45, 7) is 1.87. The topological polar surface area (TPSA) is 62.1 Å². The van der Waals surface area contributed by atoms with Gasteiger partial charge in [-0.1, -0.05) is 19.3 Å². The van der Waals surface area contributed by atoms with Crippen LogP contribution in [-0.2, 0) is 0 Å². The summed E-state index contributed by atoms with van der Waals surface area (Å²) in [5.74, 6) is 0.544. The van der Waals surface area contributed by atoms with Crippen molar-refractivity contribution in [2.45, 2.75) is 51.2 Å². The van der Waals surface area contributed by atoms with Gasteiger partial charge in [0.1, 0.15) is 5.75 Å². The summed E-state index contributed by atoms with van der Waals surface area (Å²) >= 11 is 0. The summed E-state index contributed by atoms with van der Waals surface area (Å²) in [6, 6.07) is 6.93. The fourth-order valence-corrected chi connectivity index (χ4v) is 3.70. The van der Waals surface area contributed by atoms with E-state index in [1.54, 1.807) is 31.4 Å². The van der Waals surface area contributed by atoms with Gasteiger partial charge in [-0.3, -0.25) is 4.79 Å².